The third-order valence-corrected chi connectivity index (χ3v) is 5.71. The second-order valence-electron chi connectivity index (χ2n) is 5.30. The summed E-state index contributed by atoms with van der Waals surface area (Å²) in [6.07, 6.45) is 3.87. The minimum atomic E-state index is -1.06. The molecule has 1 N–H and O–H groups in total. The molecule has 1 saturated heterocycles. The molecule has 1 aromatic carbocycles. The molecule has 0 radical (unpaired) electrons. The predicted molar refractivity (Wildman–Crippen MR) is 109 cm³/mol. The summed E-state index contributed by atoms with van der Waals surface area (Å²) in [5, 5.41) is 9.49. The molecular formula is C17H19NO5S3. The van der Waals surface area contributed by atoms with E-state index in [1.54, 1.807) is 31.4 Å². The van der Waals surface area contributed by atoms with Crippen molar-refractivity contribution in [3.05, 3.63) is 28.7 Å². The third kappa shape index (κ3) is 4.52. The van der Waals surface area contributed by atoms with Gasteiger partial charge in [0.1, 0.15) is 21.9 Å². The van der Waals surface area contributed by atoms with E-state index >= 15 is 0 Å². The van der Waals surface area contributed by atoms with E-state index in [-0.39, 0.29) is 4.32 Å². The van der Waals surface area contributed by atoms with Gasteiger partial charge in [-0.1, -0.05) is 24.0 Å². The molecule has 0 saturated carbocycles. The van der Waals surface area contributed by atoms with E-state index in [1.807, 2.05) is 6.26 Å². The molecule has 1 fully saturated rings. The fourth-order valence-corrected chi connectivity index (χ4v) is 4.24. The SMILES string of the molecule is COc1ccc(OC)c(/C=C2/SC(=S)N([C@@H](CCSC)C(=O)O)C2=O)c1. The van der Waals surface area contributed by atoms with Gasteiger partial charge >= 0.3 is 5.97 Å². The topological polar surface area (TPSA) is 76.1 Å². The average Bonchev–Trinajstić information content (AvgIpc) is 2.89. The molecule has 1 aliphatic rings. The van der Waals surface area contributed by atoms with Gasteiger partial charge in [-0.15, -0.1) is 0 Å². The molecule has 0 aromatic heterocycles. The lowest BCUT2D eigenvalue weighted by atomic mass is 10.1. The smallest absolute Gasteiger partial charge is 0.326 e. The molecule has 0 unspecified atom stereocenters. The number of carboxylic acids is 1. The number of aliphatic carboxylic acids is 1. The third-order valence-electron chi connectivity index (χ3n) is 3.74. The van der Waals surface area contributed by atoms with Gasteiger partial charge in [-0.3, -0.25) is 9.69 Å². The fourth-order valence-electron chi connectivity index (χ4n) is 2.43. The number of benzene rings is 1. The number of carbonyl (C=O) groups excluding carboxylic acids is 1. The van der Waals surface area contributed by atoms with Crippen LogP contribution in [-0.2, 0) is 9.59 Å². The van der Waals surface area contributed by atoms with Gasteiger partial charge in [-0.25, -0.2) is 4.79 Å². The molecule has 0 bridgehead atoms. The lowest BCUT2D eigenvalue weighted by Crippen LogP contribution is -2.44. The molecule has 9 heteroatoms. The van der Waals surface area contributed by atoms with Crippen molar-refractivity contribution in [1.29, 1.82) is 0 Å². The number of hydrogen-bond donors (Lipinski definition) is 1. The molecule has 2 rings (SSSR count). The molecule has 140 valence electrons. The maximum Gasteiger partial charge on any atom is 0.326 e. The molecule has 26 heavy (non-hydrogen) atoms. The molecule has 0 aliphatic carbocycles. The highest BCUT2D eigenvalue weighted by atomic mass is 32.2. The molecule has 0 spiro atoms. The average molecular weight is 414 g/mol. The van der Waals surface area contributed by atoms with Crippen LogP contribution >= 0.6 is 35.7 Å². The number of thioether (sulfide) groups is 2. The summed E-state index contributed by atoms with van der Waals surface area (Å²) in [5.74, 6) is 0.356. The first-order chi connectivity index (χ1) is 12.4. The van der Waals surface area contributed by atoms with Crippen molar-refractivity contribution in [2.75, 3.05) is 26.2 Å². The number of nitrogens with zero attached hydrogens (tertiary/aromatic N) is 1. The van der Waals surface area contributed by atoms with Crippen molar-refractivity contribution in [3.8, 4) is 11.5 Å². The minimum absolute atomic E-state index is 0.247. The van der Waals surface area contributed by atoms with Gasteiger partial charge in [0.2, 0.25) is 0 Å². The Hall–Kier alpha value is -1.71. The van der Waals surface area contributed by atoms with Crippen LogP contribution in [0.25, 0.3) is 6.08 Å². The summed E-state index contributed by atoms with van der Waals surface area (Å²) in [5.41, 5.74) is 0.656. The van der Waals surface area contributed by atoms with Crippen LogP contribution < -0.4 is 9.47 Å². The van der Waals surface area contributed by atoms with Gasteiger partial charge in [-0.2, -0.15) is 11.8 Å². The van der Waals surface area contributed by atoms with Crippen molar-refractivity contribution in [1.82, 2.24) is 4.90 Å². The highest BCUT2D eigenvalue weighted by Gasteiger charge is 2.40. The molecule has 1 aliphatic heterocycles. The Balaban J connectivity index is 2.36. The molecule has 1 heterocycles. The molecule has 6 nitrogen and oxygen atoms in total. The van der Waals surface area contributed by atoms with E-state index in [2.05, 4.69) is 0 Å². The largest absolute Gasteiger partial charge is 0.497 e. The summed E-state index contributed by atoms with van der Waals surface area (Å²) < 4.78 is 10.8. The van der Waals surface area contributed by atoms with Gasteiger partial charge in [0, 0.05) is 5.56 Å². The van der Waals surface area contributed by atoms with Crippen LogP contribution in [-0.4, -0.2) is 58.5 Å². The second kappa shape index (κ2) is 9.29. The van der Waals surface area contributed by atoms with Crippen LogP contribution in [0.15, 0.2) is 23.1 Å². The Bertz CT molecular complexity index is 750. The zero-order valence-electron chi connectivity index (χ0n) is 14.6. The Morgan fingerprint density at radius 1 is 1.42 bits per heavy atom. The van der Waals surface area contributed by atoms with Gasteiger partial charge in [0.15, 0.2) is 0 Å². The number of hydrogen-bond acceptors (Lipinski definition) is 7. The predicted octanol–water partition coefficient (Wildman–Crippen LogP) is 3.11. The van der Waals surface area contributed by atoms with E-state index in [9.17, 15) is 14.7 Å². The van der Waals surface area contributed by atoms with Crippen LogP contribution in [0.4, 0.5) is 0 Å². The highest BCUT2D eigenvalue weighted by molar-refractivity contribution is 8.26. The minimum Gasteiger partial charge on any atom is -0.497 e. The molecule has 1 aromatic rings. The zero-order chi connectivity index (χ0) is 19.3. The van der Waals surface area contributed by atoms with Gasteiger partial charge in [-0.05, 0) is 42.7 Å². The number of carbonyl (C=O) groups is 2. The van der Waals surface area contributed by atoms with E-state index < -0.39 is 17.9 Å². The van der Waals surface area contributed by atoms with E-state index in [4.69, 9.17) is 21.7 Å². The summed E-state index contributed by atoms with van der Waals surface area (Å²) in [7, 11) is 3.08. The van der Waals surface area contributed by atoms with Crippen molar-refractivity contribution in [2.45, 2.75) is 12.5 Å². The van der Waals surface area contributed by atoms with Crippen LogP contribution in [0.2, 0.25) is 0 Å². The number of thiocarbonyl (C=S) groups is 1. The second-order valence-corrected chi connectivity index (χ2v) is 7.96. The maximum atomic E-state index is 12.8. The summed E-state index contributed by atoms with van der Waals surface area (Å²) in [6, 6.07) is 4.27. The monoisotopic (exact) mass is 413 g/mol. The highest BCUT2D eigenvalue weighted by Crippen LogP contribution is 2.37. The Morgan fingerprint density at radius 3 is 2.73 bits per heavy atom. The number of amides is 1. The van der Waals surface area contributed by atoms with Crippen molar-refractivity contribution < 1.29 is 24.2 Å². The van der Waals surface area contributed by atoms with E-state index in [0.717, 1.165) is 11.8 Å². The quantitative estimate of drug-likeness (QED) is 0.515. The van der Waals surface area contributed by atoms with E-state index in [1.165, 1.54) is 23.8 Å². The van der Waals surface area contributed by atoms with Crippen LogP contribution in [0.5, 0.6) is 11.5 Å². The lowest BCUT2D eigenvalue weighted by Gasteiger charge is -2.22. The van der Waals surface area contributed by atoms with Crippen molar-refractivity contribution in [2.24, 2.45) is 0 Å². The Morgan fingerprint density at radius 2 is 2.15 bits per heavy atom. The van der Waals surface area contributed by atoms with Crippen LogP contribution in [0.1, 0.15) is 12.0 Å². The molecular weight excluding hydrogens is 394 g/mol. The van der Waals surface area contributed by atoms with Crippen LogP contribution in [0.3, 0.4) is 0 Å². The normalized spacial score (nSPS) is 16.9. The van der Waals surface area contributed by atoms with Gasteiger partial charge in [0.05, 0.1) is 19.1 Å². The van der Waals surface area contributed by atoms with Crippen molar-refractivity contribution >= 4 is 58.0 Å². The Kier molecular flexibility index (Phi) is 7.36. The molecule has 1 amide bonds. The first-order valence-electron chi connectivity index (χ1n) is 7.63. The van der Waals surface area contributed by atoms with E-state index in [0.29, 0.717) is 34.1 Å². The first kappa shape index (κ1) is 20.6. The van der Waals surface area contributed by atoms with Crippen molar-refractivity contribution in [3.63, 3.8) is 0 Å². The first-order valence-corrected chi connectivity index (χ1v) is 10.3. The zero-order valence-corrected chi connectivity index (χ0v) is 17.0. The Labute approximate surface area is 165 Å². The summed E-state index contributed by atoms with van der Waals surface area (Å²) >= 11 is 7.88. The number of ether oxygens (including phenoxy) is 2. The number of rotatable bonds is 8. The number of carboxylic acid groups (broad SMARTS) is 1. The fraction of sp³-hybridized carbons (Fsp3) is 0.353. The summed E-state index contributed by atoms with van der Waals surface area (Å²) in [4.78, 5) is 25.9. The lowest BCUT2D eigenvalue weighted by molar-refractivity contribution is -0.145. The summed E-state index contributed by atoms with van der Waals surface area (Å²) in [6.45, 7) is 0. The van der Waals surface area contributed by atoms with Gasteiger partial charge in [0.25, 0.3) is 5.91 Å². The van der Waals surface area contributed by atoms with Gasteiger partial charge < -0.3 is 14.6 Å². The van der Waals surface area contributed by atoms with Crippen LogP contribution in [0, 0.1) is 0 Å². The number of methoxy groups -OCH3 is 2. The standard InChI is InChI=1S/C17H19NO5S3/c1-22-11-4-5-13(23-2)10(8-11)9-14-15(19)18(17(24)26-14)12(16(20)21)6-7-25-3/h4-5,8-9,12H,6-7H2,1-3H3,(H,20,21)/b14-9+/t12-/m0/s1. The molecule has 1 atom stereocenters. The maximum absolute atomic E-state index is 12.8.